The second-order valence-electron chi connectivity index (χ2n) is 7.55. The van der Waals surface area contributed by atoms with E-state index in [9.17, 15) is 4.79 Å². The van der Waals surface area contributed by atoms with E-state index in [-0.39, 0.29) is 35.3 Å². The third-order valence-corrected chi connectivity index (χ3v) is 5.40. The summed E-state index contributed by atoms with van der Waals surface area (Å²) in [6.07, 6.45) is 5.30. The Morgan fingerprint density at radius 2 is 1.77 bits per heavy atom. The van der Waals surface area contributed by atoms with E-state index in [4.69, 9.17) is 4.99 Å². The van der Waals surface area contributed by atoms with Crippen LogP contribution in [0.4, 0.5) is 0 Å². The molecule has 1 unspecified atom stereocenters. The van der Waals surface area contributed by atoms with Gasteiger partial charge in [0.2, 0.25) is 5.91 Å². The molecule has 0 bridgehead atoms. The lowest BCUT2D eigenvalue weighted by Crippen LogP contribution is -2.44. The highest BCUT2D eigenvalue weighted by atomic mass is 127. The number of aliphatic imine (C=N–C) groups is 1. The van der Waals surface area contributed by atoms with E-state index in [1.54, 1.807) is 4.90 Å². The van der Waals surface area contributed by atoms with Gasteiger partial charge in [0, 0.05) is 39.8 Å². The Kier molecular flexibility index (Phi) is 12.5. The molecule has 0 radical (unpaired) electrons. The molecule has 2 N–H and O–H groups in total. The molecule has 0 aromatic rings. The van der Waals surface area contributed by atoms with Crippen LogP contribution in [0.2, 0.25) is 0 Å². The number of carbonyl (C=O) groups excluding carboxylic acids is 1. The van der Waals surface area contributed by atoms with E-state index in [1.807, 2.05) is 14.1 Å². The molecule has 1 rings (SSSR count). The Labute approximate surface area is 177 Å². The van der Waals surface area contributed by atoms with Gasteiger partial charge in [0.05, 0.1) is 12.0 Å². The normalized spacial score (nSPS) is 17.6. The molecule has 26 heavy (non-hydrogen) atoms. The van der Waals surface area contributed by atoms with E-state index >= 15 is 0 Å². The van der Waals surface area contributed by atoms with Gasteiger partial charge < -0.3 is 20.4 Å². The smallest absolute Gasteiger partial charge is 0.230 e. The molecule has 0 aromatic carbocycles. The van der Waals surface area contributed by atoms with Crippen LogP contribution in [0.5, 0.6) is 0 Å². The van der Waals surface area contributed by atoms with Crippen molar-refractivity contribution in [2.75, 3.05) is 47.3 Å². The van der Waals surface area contributed by atoms with Gasteiger partial charge in [-0.3, -0.25) is 9.79 Å². The molecule has 0 spiro atoms. The van der Waals surface area contributed by atoms with Crippen molar-refractivity contribution in [3.63, 3.8) is 0 Å². The topological polar surface area (TPSA) is 60.0 Å². The van der Waals surface area contributed by atoms with Gasteiger partial charge in [-0.25, -0.2) is 0 Å². The number of hydrogen-bond donors (Lipinski definition) is 2. The number of guanidine groups is 1. The average Bonchev–Trinajstić information content (AvgIpc) is 3.08. The maximum atomic E-state index is 12.7. The van der Waals surface area contributed by atoms with Gasteiger partial charge in [0.25, 0.3) is 0 Å². The SMILES string of the molecule is CCNC(=NCC1(C(=O)N(C)C)CCCC1)NCCN(C)C(C)CC.I. The lowest BCUT2D eigenvalue weighted by atomic mass is 9.85. The van der Waals surface area contributed by atoms with Crippen molar-refractivity contribution in [3.05, 3.63) is 0 Å². The zero-order valence-electron chi connectivity index (χ0n) is 17.6. The van der Waals surface area contributed by atoms with E-state index in [2.05, 4.69) is 43.4 Å². The van der Waals surface area contributed by atoms with Crippen molar-refractivity contribution >= 4 is 35.8 Å². The standard InChI is InChI=1S/C19H39N5O.HI/c1-7-16(3)24(6)14-13-21-18(20-8-2)22-15-19(11-9-10-12-19)17(25)23(4)5;/h16H,7-15H2,1-6H3,(H2,20,21,22);1H. The van der Waals surface area contributed by atoms with Crippen LogP contribution in [0, 0.1) is 5.41 Å². The van der Waals surface area contributed by atoms with Crippen molar-refractivity contribution in [2.45, 2.75) is 58.9 Å². The third kappa shape index (κ3) is 7.58. The first kappa shape index (κ1) is 25.4. The fourth-order valence-electron chi connectivity index (χ4n) is 3.42. The number of amides is 1. The molecular weight excluding hydrogens is 441 g/mol. The van der Waals surface area contributed by atoms with Crippen LogP contribution in [0.25, 0.3) is 0 Å². The van der Waals surface area contributed by atoms with Gasteiger partial charge in [-0.2, -0.15) is 0 Å². The Bertz CT molecular complexity index is 436. The molecule has 6 nitrogen and oxygen atoms in total. The Hall–Kier alpha value is -0.570. The van der Waals surface area contributed by atoms with Crippen LogP contribution in [0.1, 0.15) is 52.9 Å². The van der Waals surface area contributed by atoms with Crippen LogP contribution in [-0.2, 0) is 4.79 Å². The first-order chi connectivity index (χ1) is 11.9. The van der Waals surface area contributed by atoms with Gasteiger partial charge in [-0.1, -0.05) is 19.8 Å². The lowest BCUT2D eigenvalue weighted by molar-refractivity contribution is -0.138. The van der Waals surface area contributed by atoms with E-state index in [0.717, 1.165) is 57.7 Å². The number of halogens is 1. The number of hydrogen-bond acceptors (Lipinski definition) is 3. The predicted octanol–water partition coefficient (Wildman–Crippen LogP) is 2.54. The summed E-state index contributed by atoms with van der Waals surface area (Å²) >= 11 is 0. The van der Waals surface area contributed by atoms with Crippen molar-refractivity contribution in [3.8, 4) is 0 Å². The average molecular weight is 481 g/mol. The van der Waals surface area contributed by atoms with Crippen molar-refractivity contribution < 1.29 is 4.79 Å². The molecule has 1 aliphatic rings. The highest BCUT2D eigenvalue weighted by molar-refractivity contribution is 14.0. The third-order valence-electron chi connectivity index (χ3n) is 5.40. The van der Waals surface area contributed by atoms with Gasteiger partial charge in [-0.15, -0.1) is 24.0 Å². The van der Waals surface area contributed by atoms with Gasteiger partial charge in [0.1, 0.15) is 0 Å². The molecule has 1 amide bonds. The molecule has 1 fully saturated rings. The highest BCUT2D eigenvalue weighted by Gasteiger charge is 2.42. The van der Waals surface area contributed by atoms with Gasteiger partial charge in [0.15, 0.2) is 5.96 Å². The van der Waals surface area contributed by atoms with E-state index in [0.29, 0.717) is 12.6 Å². The molecule has 0 aromatic heterocycles. The number of nitrogens with one attached hydrogen (secondary N) is 2. The molecule has 7 heteroatoms. The number of nitrogens with zero attached hydrogens (tertiary/aromatic N) is 3. The molecule has 1 saturated carbocycles. The van der Waals surface area contributed by atoms with Crippen LogP contribution >= 0.6 is 24.0 Å². The van der Waals surface area contributed by atoms with Crippen molar-refractivity contribution in [1.82, 2.24) is 20.4 Å². The van der Waals surface area contributed by atoms with E-state index in [1.165, 1.54) is 0 Å². The molecule has 1 atom stereocenters. The summed E-state index contributed by atoms with van der Waals surface area (Å²) in [7, 11) is 5.85. The zero-order valence-corrected chi connectivity index (χ0v) is 19.9. The number of carbonyl (C=O) groups is 1. The second kappa shape index (κ2) is 12.8. The van der Waals surface area contributed by atoms with Gasteiger partial charge in [-0.05, 0) is 40.2 Å². The monoisotopic (exact) mass is 481 g/mol. The maximum absolute atomic E-state index is 12.7. The fourth-order valence-corrected chi connectivity index (χ4v) is 3.42. The summed E-state index contributed by atoms with van der Waals surface area (Å²) in [4.78, 5) is 21.5. The van der Waals surface area contributed by atoms with Crippen LogP contribution in [0.15, 0.2) is 4.99 Å². The molecule has 0 aliphatic heterocycles. The minimum Gasteiger partial charge on any atom is -0.357 e. The largest absolute Gasteiger partial charge is 0.357 e. The summed E-state index contributed by atoms with van der Waals surface area (Å²) in [6, 6.07) is 0.584. The second-order valence-corrected chi connectivity index (χ2v) is 7.55. The highest BCUT2D eigenvalue weighted by Crippen LogP contribution is 2.39. The quantitative estimate of drug-likeness (QED) is 0.302. The minimum atomic E-state index is -0.306. The van der Waals surface area contributed by atoms with Crippen LogP contribution in [-0.4, -0.2) is 75.0 Å². The van der Waals surface area contributed by atoms with Crippen LogP contribution in [0.3, 0.4) is 0 Å². The van der Waals surface area contributed by atoms with Crippen molar-refractivity contribution in [1.29, 1.82) is 0 Å². The number of likely N-dealkylation sites (N-methyl/N-ethyl adjacent to an activating group) is 1. The summed E-state index contributed by atoms with van der Waals surface area (Å²) in [5.41, 5.74) is -0.306. The first-order valence-corrected chi connectivity index (χ1v) is 9.80. The molecule has 0 saturated heterocycles. The maximum Gasteiger partial charge on any atom is 0.230 e. The molecule has 1 aliphatic carbocycles. The van der Waals surface area contributed by atoms with Gasteiger partial charge >= 0.3 is 0 Å². The Morgan fingerprint density at radius 1 is 1.15 bits per heavy atom. The minimum absolute atomic E-state index is 0. The molecular formula is C19H40IN5O. The van der Waals surface area contributed by atoms with Crippen molar-refractivity contribution in [2.24, 2.45) is 10.4 Å². The lowest BCUT2D eigenvalue weighted by Gasteiger charge is -2.29. The van der Waals surface area contributed by atoms with E-state index < -0.39 is 0 Å². The summed E-state index contributed by atoms with van der Waals surface area (Å²) in [5, 5.41) is 6.72. The first-order valence-electron chi connectivity index (χ1n) is 9.80. The summed E-state index contributed by atoms with van der Waals surface area (Å²) < 4.78 is 0. The Balaban J connectivity index is 0.00000625. The zero-order chi connectivity index (χ0) is 18.9. The summed E-state index contributed by atoms with van der Waals surface area (Å²) in [5.74, 6) is 1.04. The number of rotatable bonds is 9. The summed E-state index contributed by atoms with van der Waals surface area (Å²) in [6.45, 7) is 9.74. The molecule has 0 heterocycles. The van der Waals surface area contributed by atoms with Crippen LogP contribution < -0.4 is 10.6 Å². The fraction of sp³-hybridized carbons (Fsp3) is 0.895. The predicted molar refractivity (Wildman–Crippen MR) is 121 cm³/mol. The Morgan fingerprint density at radius 3 is 2.27 bits per heavy atom. The molecule has 154 valence electrons.